The molecule has 52 heavy (non-hydrogen) atoms. The summed E-state index contributed by atoms with van der Waals surface area (Å²) in [6, 6.07) is 71.6. The number of fused-ring (bicyclic) bond motifs is 5. The van der Waals surface area contributed by atoms with Crippen LogP contribution in [0.25, 0.3) is 76.9 Å². The van der Waals surface area contributed by atoms with Crippen LogP contribution >= 0.6 is 0 Å². The molecule has 10 rings (SSSR count). The van der Waals surface area contributed by atoms with Crippen molar-refractivity contribution < 1.29 is 4.42 Å². The molecule has 0 atom stereocenters. The Morgan fingerprint density at radius 2 is 0.962 bits per heavy atom. The monoisotopic (exact) mass is 663 g/mol. The third-order valence-corrected chi connectivity index (χ3v) is 10.2. The van der Waals surface area contributed by atoms with E-state index in [0.29, 0.717) is 0 Å². The molecule has 0 N–H and O–H groups in total. The minimum Gasteiger partial charge on any atom is -0.455 e. The average molecular weight is 664 g/mol. The topological polar surface area (TPSA) is 16.4 Å². The molecule has 2 nitrogen and oxygen atoms in total. The smallest absolute Gasteiger partial charge is 0.143 e. The Hall–Kier alpha value is -6.90. The molecule has 0 saturated heterocycles. The van der Waals surface area contributed by atoms with Crippen LogP contribution in [0.5, 0.6) is 0 Å². The number of rotatable bonds is 6. The highest BCUT2D eigenvalue weighted by Crippen LogP contribution is 2.46. The first-order chi connectivity index (χ1) is 25.8. The van der Waals surface area contributed by atoms with Crippen LogP contribution < -0.4 is 4.90 Å². The maximum atomic E-state index is 6.84. The summed E-state index contributed by atoms with van der Waals surface area (Å²) in [5.74, 6) is 0. The summed E-state index contributed by atoms with van der Waals surface area (Å²) in [5, 5.41) is 7.00. The Morgan fingerprint density at radius 1 is 0.346 bits per heavy atom. The van der Waals surface area contributed by atoms with E-state index in [1.165, 1.54) is 38.2 Å². The molecule has 0 unspecified atom stereocenters. The number of furan rings is 1. The first-order valence-electron chi connectivity index (χ1n) is 17.8. The van der Waals surface area contributed by atoms with Gasteiger partial charge in [0, 0.05) is 33.3 Å². The van der Waals surface area contributed by atoms with Crippen LogP contribution in [0.1, 0.15) is 0 Å². The molecule has 244 valence electrons. The quantitative estimate of drug-likeness (QED) is 0.176. The second-order valence-corrected chi connectivity index (χ2v) is 13.3. The van der Waals surface area contributed by atoms with Crippen molar-refractivity contribution in [3.8, 4) is 33.4 Å². The highest BCUT2D eigenvalue weighted by Gasteiger charge is 2.21. The Bertz CT molecular complexity index is 2890. The first kappa shape index (κ1) is 30.0. The number of para-hydroxylation sites is 1. The van der Waals surface area contributed by atoms with Crippen LogP contribution in [0.3, 0.4) is 0 Å². The van der Waals surface area contributed by atoms with Crippen LogP contribution in [0.15, 0.2) is 205 Å². The first-order valence-corrected chi connectivity index (χ1v) is 17.8. The second kappa shape index (κ2) is 12.5. The average Bonchev–Trinajstić information content (AvgIpc) is 3.58. The van der Waals surface area contributed by atoms with Crippen LogP contribution in [0, 0.1) is 0 Å². The number of benzene rings is 9. The summed E-state index contributed by atoms with van der Waals surface area (Å²) in [4.78, 5) is 2.38. The van der Waals surface area contributed by atoms with Crippen LogP contribution in [-0.2, 0) is 0 Å². The Balaban J connectivity index is 1.20. The van der Waals surface area contributed by atoms with Gasteiger partial charge in [0.05, 0.1) is 5.69 Å². The fraction of sp³-hybridized carbons (Fsp3) is 0. The summed E-state index contributed by atoms with van der Waals surface area (Å²) >= 11 is 0. The third kappa shape index (κ3) is 5.12. The summed E-state index contributed by atoms with van der Waals surface area (Å²) in [6.45, 7) is 0. The van der Waals surface area contributed by atoms with Crippen molar-refractivity contribution in [1.82, 2.24) is 0 Å². The van der Waals surface area contributed by atoms with Gasteiger partial charge in [-0.05, 0) is 92.3 Å². The molecule has 9 aromatic carbocycles. The summed E-state index contributed by atoms with van der Waals surface area (Å²) < 4.78 is 6.84. The van der Waals surface area contributed by atoms with Crippen LogP contribution in [0.4, 0.5) is 17.1 Å². The molecule has 1 aromatic heterocycles. The molecule has 0 aliphatic carbocycles. The molecule has 0 fully saturated rings. The van der Waals surface area contributed by atoms with E-state index in [2.05, 4.69) is 205 Å². The summed E-state index contributed by atoms with van der Waals surface area (Å²) in [7, 11) is 0. The normalized spacial score (nSPS) is 11.5. The predicted molar refractivity (Wildman–Crippen MR) is 220 cm³/mol. The van der Waals surface area contributed by atoms with Gasteiger partial charge in [-0.2, -0.15) is 0 Å². The maximum absolute atomic E-state index is 6.84. The van der Waals surface area contributed by atoms with Crippen molar-refractivity contribution in [2.75, 3.05) is 4.90 Å². The van der Waals surface area contributed by atoms with Gasteiger partial charge in [0.15, 0.2) is 0 Å². The van der Waals surface area contributed by atoms with E-state index < -0.39 is 0 Å². The molecule has 0 bridgehead atoms. The Morgan fingerprint density at radius 3 is 1.77 bits per heavy atom. The summed E-state index contributed by atoms with van der Waals surface area (Å²) in [6.07, 6.45) is 0. The lowest BCUT2D eigenvalue weighted by Gasteiger charge is -2.28. The predicted octanol–water partition coefficient (Wildman–Crippen LogP) is 14.4. The Kier molecular flexibility index (Phi) is 7.18. The molecule has 0 spiro atoms. The van der Waals surface area contributed by atoms with E-state index >= 15 is 0 Å². The Labute approximate surface area is 302 Å². The largest absolute Gasteiger partial charge is 0.455 e. The van der Waals surface area contributed by atoms with Crippen LogP contribution in [-0.4, -0.2) is 0 Å². The van der Waals surface area contributed by atoms with Gasteiger partial charge in [0.1, 0.15) is 11.2 Å². The molecule has 0 aliphatic heterocycles. The summed E-state index contributed by atoms with van der Waals surface area (Å²) in [5.41, 5.74) is 12.0. The molecule has 0 aliphatic rings. The van der Waals surface area contributed by atoms with Crippen molar-refractivity contribution in [2.24, 2.45) is 0 Å². The number of hydrogen-bond acceptors (Lipinski definition) is 2. The van der Waals surface area contributed by atoms with E-state index in [4.69, 9.17) is 4.42 Å². The van der Waals surface area contributed by atoms with E-state index in [-0.39, 0.29) is 0 Å². The third-order valence-electron chi connectivity index (χ3n) is 10.2. The number of nitrogens with zero attached hydrogens (tertiary/aromatic N) is 1. The molecule has 10 aromatic rings. The van der Waals surface area contributed by atoms with Gasteiger partial charge in [-0.3, -0.25) is 0 Å². The minimum atomic E-state index is 0.867. The highest BCUT2D eigenvalue weighted by atomic mass is 16.3. The zero-order valence-electron chi connectivity index (χ0n) is 28.4. The minimum absolute atomic E-state index is 0.867. The lowest BCUT2D eigenvalue weighted by atomic mass is 9.93. The number of anilines is 3. The molecular formula is C50H33NO. The van der Waals surface area contributed by atoms with E-state index in [1.54, 1.807) is 0 Å². The van der Waals surface area contributed by atoms with E-state index in [9.17, 15) is 0 Å². The molecular weight excluding hydrogens is 631 g/mol. The second-order valence-electron chi connectivity index (χ2n) is 13.3. The van der Waals surface area contributed by atoms with Crippen LogP contribution in [0.2, 0.25) is 0 Å². The van der Waals surface area contributed by atoms with Gasteiger partial charge >= 0.3 is 0 Å². The van der Waals surface area contributed by atoms with Gasteiger partial charge in [0.2, 0.25) is 0 Å². The molecule has 0 radical (unpaired) electrons. The van der Waals surface area contributed by atoms with Gasteiger partial charge < -0.3 is 9.32 Å². The van der Waals surface area contributed by atoms with Crippen molar-refractivity contribution in [2.45, 2.75) is 0 Å². The van der Waals surface area contributed by atoms with Gasteiger partial charge in [-0.25, -0.2) is 0 Å². The van der Waals surface area contributed by atoms with E-state index in [0.717, 1.165) is 55.7 Å². The molecule has 0 amide bonds. The van der Waals surface area contributed by atoms with Gasteiger partial charge in [-0.15, -0.1) is 0 Å². The van der Waals surface area contributed by atoms with Crippen molar-refractivity contribution in [3.63, 3.8) is 0 Å². The zero-order chi connectivity index (χ0) is 34.4. The van der Waals surface area contributed by atoms with Gasteiger partial charge in [0.25, 0.3) is 0 Å². The standard InChI is InChI=1S/C50H33NO/c1-3-13-34(14-4-1)36-25-27-41(28-26-36)51(47-22-12-11-20-43(47)37-16-5-2-6-17-37)42-29-30-48-45(33-42)46-32-39-19-9-10-21-44(39)49(50(46)52-48)40-24-23-35-15-7-8-18-38(35)31-40/h1-33H. The SMILES string of the molecule is c1ccc(-c2ccc(N(c3ccc4oc5c(-c6ccc7ccccc7c6)c6ccccc6cc5c4c3)c3ccccc3-c3ccccc3)cc2)cc1. The highest BCUT2D eigenvalue weighted by molar-refractivity contribution is 6.19. The fourth-order valence-corrected chi connectivity index (χ4v) is 7.72. The number of hydrogen-bond donors (Lipinski definition) is 0. The lowest BCUT2D eigenvalue weighted by Crippen LogP contribution is -2.11. The lowest BCUT2D eigenvalue weighted by molar-refractivity contribution is 0.670. The van der Waals surface area contributed by atoms with Crippen molar-refractivity contribution in [3.05, 3.63) is 200 Å². The fourth-order valence-electron chi connectivity index (χ4n) is 7.72. The van der Waals surface area contributed by atoms with E-state index in [1.807, 2.05) is 0 Å². The van der Waals surface area contributed by atoms with Crippen molar-refractivity contribution >= 4 is 60.5 Å². The molecule has 2 heteroatoms. The molecule has 0 saturated carbocycles. The van der Waals surface area contributed by atoms with Gasteiger partial charge in [-0.1, -0.05) is 152 Å². The maximum Gasteiger partial charge on any atom is 0.143 e. The van der Waals surface area contributed by atoms with Crippen molar-refractivity contribution in [1.29, 1.82) is 0 Å². The zero-order valence-corrected chi connectivity index (χ0v) is 28.4. The molecule has 1 heterocycles.